The number of hydrogen-bond donors (Lipinski definition) is 0. The van der Waals surface area contributed by atoms with Gasteiger partial charge in [-0.2, -0.15) is 0 Å². The Hall–Kier alpha value is -1.12. The summed E-state index contributed by atoms with van der Waals surface area (Å²) in [5.41, 5.74) is 0. The van der Waals surface area contributed by atoms with E-state index in [9.17, 15) is 0 Å². The molecular weight excluding hydrogens is 102 g/mol. The van der Waals surface area contributed by atoms with Crippen LogP contribution in [0.15, 0.2) is 18.6 Å². The van der Waals surface area contributed by atoms with Crippen LogP contribution in [0.2, 0.25) is 0 Å². The molecule has 0 aliphatic carbocycles. The molecular formula is C5H6N3-. The van der Waals surface area contributed by atoms with Crippen LogP contribution in [-0.4, -0.2) is 17.0 Å². The van der Waals surface area contributed by atoms with Gasteiger partial charge in [-0.3, -0.25) is 4.98 Å². The molecule has 0 fully saturated rings. The van der Waals surface area contributed by atoms with Crippen LogP contribution in [0.4, 0.5) is 5.82 Å². The molecule has 0 aliphatic rings. The van der Waals surface area contributed by atoms with Crippen LogP contribution in [0, 0.1) is 0 Å². The van der Waals surface area contributed by atoms with Gasteiger partial charge in [-0.25, -0.2) is 0 Å². The van der Waals surface area contributed by atoms with Crippen molar-refractivity contribution in [2.24, 2.45) is 0 Å². The standard InChI is InChI=1S/C5H6N3/c1-6-5-4-7-2-3-8-5/h2-4H,1H3/q-1. The van der Waals surface area contributed by atoms with Gasteiger partial charge in [-0.15, -0.1) is 0 Å². The van der Waals surface area contributed by atoms with Gasteiger partial charge in [0.25, 0.3) is 0 Å². The van der Waals surface area contributed by atoms with E-state index in [1.807, 2.05) is 0 Å². The summed E-state index contributed by atoms with van der Waals surface area (Å²) in [6.07, 6.45) is 4.84. The summed E-state index contributed by atoms with van der Waals surface area (Å²) < 4.78 is 0. The largest absolute Gasteiger partial charge is 0.468 e. The lowest BCUT2D eigenvalue weighted by atomic mass is 10.7. The molecule has 0 radical (unpaired) electrons. The van der Waals surface area contributed by atoms with E-state index in [-0.39, 0.29) is 0 Å². The molecule has 42 valence electrons. The normalized spacial score (nSPS) is 8.62. The highest BCUT2D eigenvalue weighted by atomic mass is 15.0. The number of hydrogen-bond acceptors (Lipinski definition) is 2. The predicted molar refractivity (Wildman–Crippen MR) is 31.0 cm³/mol. The maximum atomic E-state index is 3.87. The first kappa shape index (κ1) is 5.03. The van der Waals surface area contributed by atoms with E-state index >= 15 is 0 Å². The van der Waals surface area contributed by atoms with Crippen LogP contribution in [0.25, 0.3) is 5.32 Å². The van der Waals surface area contributed by atoms with Crippen molar-refractivity contribution in [3.8, 4) is 0 Å². The first-order valence-corrected chi connectivity index (χ1v) is 2.29. The molecule has 0 amide bonds. The van der Waals surface area contributed by atoms with Crippen molar-refractivity contribution < 1.29 is 0 Å². The summed E-state index contributed by atoms with van der Waals surface area (Å²) in [6.45, 7) is 0. The topological polar surface area (TPSA) is 39.9 Å². The summed E-state index contributed by atoms with van der Waals surface area (Å²) in [5, 5.41) is 3.80. The van der Waals surface area contributed by atoms with E-state index in [2.05, 4.69) is 15.3 Å². The van der Waals surface area contributed by atoms with E-state index in [0.717, 1.165) is 0 Å². The van der Waals surface area contributed by atoms with E-state index in [1.54, 1.807) is 25.6 Å². The molecule has 0 saturated carbocycles. The zero-order valence-corrected chi connectivity index (χ0v) is 4.57. The zero-order valence-electron chi connectivity index (χ0n) is 4.57. The van der Waals surface area contributed by atoms with Gasteiger partial charge in [-0.1, -0.05) is 13.2 Å². The van der Waals surface area contributed by atoms with Crippen molar-refractivity contribution in [2.75, 3.05) is 7.05 Å². The molecule has 3 nitrogen and oxygen atoms in total. The van der Waals surface area contributed by atoms with Gasteiger partial charge < -0.3 is 10.3 Å². The maximum Gasteiger partial charge on any atom is 0.0255 e. The highest BCUT2D eigenvalue weighted by Gasteiger charge is 1.69. The lowest BCUT2D eigenvalue weighted by Gasteiger charge is -2.04. The minimum absolute atomic E-state index is 0.674. The molecule has 1 rings (SSSR count). The third kappa shape index (κ3) is 0.932. The summed E-state index contributed by atoms with van der Waals surface area (Å²) in [5.74, 6) is 0.674. The Bertz CT molecular complexity index is 149. The van der Waals surface area contributed by atoms with Crippen LogP contribution < -0.4 is 0 Å². The summed E-state index contributed by atoms with van der Waals surface area (Å²) >= 11 is 0. The second-order valence-electron chi connectivity index (χ2n) is 1.29. The third-order valence-corrected chi connectivity index (χ3v) is 0.779. The Morgan fingerprint density at radius 3 is 2.75 bits per heavy atom. The van der Waals surface area contributed by atoms with Crippen LogP contribution >= 0.6 is 0 Å². The fourth-order valence-electron chi connectivity index (χ4n) is 0.407. The predicted octanol–water partition coefficient (Wildman–Crippen LogP) is 1.11. The van der Waals surface area contributed by atoms with Crippen LogP contribution in [0.5, 0.6) is 0 Å². The van der Waals surface area contributed by atoms with Gasteiger partial charge in [0.2, 0.25) is 0 Å². The van der Waals surface area contributed by atoms with Crippen molar-refractivity contribution >= 4 is 5.82 Å². The Kier molecular flexibility index (Phi) is 1.42. The molecule has 3 heteroatoms. The van der Waals surface area contributed by atoms with E-state index in [0.29, 0.717) is 5.82 Å². The molecule has 1 aromatic rings. The maximum absolute atomic E-state index is 3.87. The molecule has 0 aliphatic heterocycles. The van der Waals surface area contributed by atoms with Gasteiger partial charge in [-0.05, 0) is 5.82 Å². The molecule has 0 saturated heterocycles. The van der Waals surface area contributed by atoms with Gasteiger partial charge in [0.1, 0.15) is 0 Å². The van der Waals surface area contributed by atoms with Gasteiger partial charge in [0.05, 0.1) is 0 Å². The molecule has 0 bridgehead atoms. The molecule has 0 N–H and O–H groups in total. The van der Waals surface area contributed by atoms with Crippen molar-refractivity contribution in [3.05, 3.63) is 23.9 Å². The molecule has 1 aromatic heterocycles. The number of nitrogens with zero attached hydrogens (tertiary/aromatic N) is 3. The van der Waals surface area contributed by atoms with Gasteiger partial charge in [0, 0.05) is 12.4 Å². The molecule has 1 heterocycles. The van der Waals surface area contributed by atoms with Crippen LogP contribution in [0.1, 0.15) is 0 Å². The monoisotopic (exact) mass is 108 g/mol. The van der Waals surface area contributed by atoms with Gasteiger partial charge >= 0.3 is 0 Å². The Labute approximate surface area is 47.8 Å². The van der Waals surface area contributed by atoms with Gasteiger partial charge in [0.15, 0.2) is 0 Å². The zero-order chi connectivity index (χ0) is 5.82. The SMILES string of the molecule is C[N-]c1cnccn1. The third-order valence-electron chi connectivity index (χ3n) is 0.779. The second-order valence-corrected chi connectivity index (χ2v) is 1.29. The van der Waals surface area contributed by atoms with Crippen molar-refractivity contribution in [3.63, 3.8) is 0 Å². The van der Waals surface area contributed by atoms with Crippen LogP contribution in [-0.2, 0) is 0 Å². The minimum Gasteiger partial charge on any atom is -0.468 e. The minimum atomic E-state index is 0.674. The number of rotatable bonds is 1. The van der Waals surface area contributed by atoms with E-state index in [4.69, 9.17) is 0 Å². The fraction of sp³-hybridized carbons (Fsp3) is 0.200. The molecule has 0 aromatic carbocycles. The first-order valence-electron chi connectivity index (χ1n) is 2.29. The quantitative estimate of drug-likeness (QED) is 0.540. The highest BCUT2D eigenvalue weighted by molar-refractivity contribution is 5.34. The summed E-state index contributed by atoms with van der Waals surface area (Å²) in [6, 6.07) is 0. The summed E-state index contributed by atoms with van der Waals surface area (Å²) in [7, 11) is 1.68. The van der Waals surface area contributed by atoms with Crippen molar-refractivity contribution in [1.29, 1.82) is 0 Å². The lowest BCUT2D eigenvalue weighted by Crippen LogP contribution is -1.73. The lowest BCUT2D eigenvalue weighted by molar-refractivity contribution is 1.21. The Balaban J connectivity index is 2.83. The Morgan fingerprint density at radius 1 is 1.50 bits per heavy atom. The first-order chi connectivity index (χ1) is 3.93. The fourth-order valence-corrected chi connectivity index (χ4v) is 0.407. The smallest absolute Gasteiger partial charge is 0.0255 e. The number of aromatic nitrogens is 2. The van der Waals surface area contributed by atoms with E-state index in [1.165, 1.54) is 0 Å². The molecule has 0 spiro atoms. The van der Waals surface area contributed by atoms with Crippen molar-refractivity contribution in [1.82, 2.24) is 9.97 Å². The highest BCUT2D eigenvalue weighted by Crippen LogP contribution is 2.05. The summed E-state index contributed by atoms with van der Waals surface area (Å²) in [4.78, 5) is 7.67. The molecule has 8 heavy (non-hydrogen) atoms. The average Bonchev–Trinajstić information content (AvgIpc) is 1.90. The molecule has 0 unspecified atom stereocenters. The second kappa shape index (κ2) is 2.26. The van der Waals surface area contributed by atoms with E-state index < -0.39 is 0 Å². The van der Waals surface area contributed by atoms with Crippen molar-refractivity contribution in [2.45, 2.75) is 0 Å². The molecule has 0 atom stereocenters. The van der Waals surface area contributed by atoms with Crippen LogP contribution in [0.3, 0.4) is 0 Å². The average molecular weight is 108 g/mol. The Morgan fingerprint density at radius 2 is 2.38 bits per heavy atom.